The normalized spacial score (nSPS) is 12.9. The van der Waals surface area contributed by atoms with Crippen LogP contribution < -0.4 is 5.32 Å². The lowest BCUT2D eigenvalue weighted by Gasteiger charge is -2.22. The van der Waals surface area contributed by atoms with Gasteiger partial charge in [-0.3, -0.25) is 9.59 Å². The zero-order valence-electron chi connectivity index (χ0n) is 37.4. The predicted octanol–water partition coefficient (Wildman–Crippen LogP) is 14.3. The van der Waals surface area contributed by atoms with Crippen LogP contribution in [0.15, 0.2) is 24.3 Å². The molecule has 0 bridgehead atoms. The van der Waals surface area contributed by atoms with E-state index in [1.165, 1.54) is 154 Å². The van der Waals surface area contributed by atoms with E-state index in [1.54, 1.807) is 0 Å². The second kappa shape index (κ2) is 46.0. The van der Waals surface area contributed by atoms with Crippen molar-refractivity contribution in [3.05, 3.63) is 24.3 Å². The van der Waals surface area contributed by atoms with E-state index in [4.69, 9.17) is 4.74 Å². The second-order valence-electron chi connectivity index (χ2n) is 16.8. The molecule has 0 saturated heterocycles. The van der Waals surface area contributed by atoms with Crippen molar-refractivity contribution < 1.29 is 24.5 Å². The highest BCUT2D eigenvalue weighted by atomic mass is 16.5. The van der Waals surface area contributed by atoms with Gasteiger partial charge in [0, 0.05) is 12.8 Å². The van der Waals surface area contributed by atoms with Gasteiger partial charge in [-0.05, 0) is 77.0 Å². The van der Waals surface area contributed by atoms with Crippen molar-refractivity contribution in [2.24, 2.45) is 0 Å². The van der Waals surface area contributed by atoms with Gasteiger partial charge in [0.1, 0.15) is 0 Å². The van der Waals surface area contributed by atoms with Gasteiger partial charge >= 0.3 is 5.97 Å². The zero-order chi connectivity index (χ0) is 40.8. The van der Waals surface area contributed by atoms with Crippen LogP contribution >= 0.6 is 0 Å². The van der Waals surface area contributed by atoms with Crippen molar-refractivity contribution in [3.63, 3.8) is 0 Å². The minimum Gasteiger partial charge on any atom is -0.466 e. The maximum atomic E-state index is 12.4. The summed E-state index contributed by atoms with van der Waals surface area (Å²) in [4.78, 5) is 24.4. The topological polar surface area (TPSA) is 95.9 Å². The Labute approximate surface area is 348 Å². The summed E-state index contributed by atoms with van der Waals surface area (Å²) in [5, 5.41) is 23.1. The number of carbonyl (C=O) groups is 2. The maximum Gasteiger partial charge on any atom is 0.305 e. The standard InChI is InChI=1S/C50H95NO5/c1-3-5-7-9-11-13-15-19-24-28-32-36-40-44-50(55)56-45-41-37-33-29-25-21-18-16-17-20-23-27-31-35-39-43-49(54)51-47(46-52)48(53)42-38-34-30-26-22-14-12-10-8-6-4-2/h13,15,18,21,47-48,52-53H,3-12,14,16-17,19-20,22-46H2,1-2H3,(H,51,54)/b15-13-,21-18-. The molecule has 3 N–H and O–H groups in total. The fraction of sp³-hybridized carbons (Fsp3) is 0.880. The summed E-state index contributed by atoms with van der Waals surface area (Å²) in [6, 6.07) is -0.551. The van der Waals surface area contributed by atoms with E-state index in [-0.39, 0.29) is 18.5 Å². The molecule has 0 aromatic carbocycles. The number of nitrogens with one attached hydrogen (secondary N) is 1. The first-order valence-electron chi connectivity index (χ1n) is 24.6. The molecule has 0 heterocycles. The van der Waals surface area contributed by atoms with E-state index in [2.05, 4.69) is 43.5 Å². The number of aliphatic hydroxyl groups is 2. The van der Waals surface area contributed by atoms with Gasteiger partial charge in [-0.15, -0.1) is 0 Å². The third kappa shape index (κ3) is 42.0. The minimum atomic E-state index is -0.672. The first-order chi connectivity index (χ1) is 27.5. The third-order valence-corrected chi connectivity index (χ3v) is 11.2. The number of carbonyl (C=O) groups excluding carboxylic acids is 2. The predicted molar refractivity (Wildman–Crippen MR) is 241 cm³/mol. The van der Waals surface area contributed by atoms with Crippen LogP contribution in [0.2, 0.25) is 0 Å². The maximum absolute atomic E-state index is 12.4. The smallest absolute Gasteiger partial charge is 0.305 e. The Kier molecular flexibility index (Phi) is 44.7. The van der Waals surface area contributed by atoms with Crippen LogP contribution in [0.4, 0.5) is 0 Å². The van der Waals surface area contributed by atoms with Crippen LogP contribution in [0.25, 0.3) is 0 Å². The number of hydrogen-bond acceptors (Lipinski definition) is 5. The average Bonchev–Trinajstić information content (AvgIpc) is 3.20. The van der Waals surface area contributed by atoms with Crippen molar-refractivity contribution in [2.75, 3.05) is 13.2 Å². The molecule has 0 fully saturated rings. The monoisotopic (exact) mass is 790 g/mol. The Hall–Kier alpha value is -1.66. The van der Waals surface area contributed by atoms with Gasteiger partial charge in [-0.1, -0.05) is 192 Å². The Morgan fingerprint density at radius 3 is 1.29 bits per heavy atom. The zero-order valence-corrected chi connectivity index (χ0v) is 37.4. The summed E-state index contributed by atoms with van der Waals surface area (Å²) < 4.78 is 5.44. The number of ether oxygens (including phenoxy) is 1. The molecule has 0 radical (unpaired) electrons. The molecule has 56 heavy (non-hydrogen) atoms. The minimum absolute atomic E-state index is 0.0199. The first-order valence-corrected chi connectivity index (χ1v) is 24.6. The summed E-state index contributed by atoms with van der Waals surface area (Å²) >= 11 is 0. The number of allylic oxidation sites excluding steroid dienone is 4. The van der Waals surface area contributed by atoms with Gasteiger partial charge in [0.15, 0.2) is 0 Å². The summed E-state index contributed by atoms with van der Waals surface area (Å²) in [5.74, 6) is -0.0721. The Balaban J connectivity index is 3.48. The van der Waals surface area contributed by atoms with E-state index >= 15 is 0 Å². The van der Waals surface area contributed by atoms with Crippen molar-refractivity contribution in [2.45, 2.75) is 270 Å². The number of amides is 1. The summed E-state index contributed by atoms with van der Waals surface area (Å²) in [6.07, 6.45) is 52.8. The summed E-state index contributed by atoms with van der Waals surface area (Å²) in [5.41, 5.74) is 0. The molecular formula is C50H95NO5. The Bertz CT molecular complexity index is 874. The van der Waals surface area contributed by atoms with Gasteiger partial charge in [0.2, 0.25) is 5.91 Å². The van der Waals surface area contributed by atoms with Crippen LogP contribution in [0.5, 0.6) is 0 Å². The van der Waals surface area contributed by atoms with Gasteiger partial charge in [0.05, 0.1) is 25.4 Å². The molecule has 6 nitrogen and oxygen atoms in total. The average molecular weight is 790 g/mol. The molecule has 6 heteroatoms. The van der Waals surface area contributed by atoms with Crippen LogP contribution in [-0.2, 0) is 14.3 Å². The van der Waals surface area contributed by atoms with Gasteiger partial charge in [-0.2, -0.15) is 0 Å². The number of rotatable bonds is 45. The van der Waals surface area contributed by atoms with E-state index in [1.807, 2.05) is 0 Å². The van der Waals surface area contributed by atoms with Gasteiger partial charge < -0.3 is 20.3 Å². The largest absolute Gasteiger partial charge is 0.466 e. The van der Waals surface area contributed by atoms with Gasteiger partial charge in [0.25, 0.3) is 0 Å². The van der Waals surface area contributed by atoms with Crippen molar-refractivity contribution in [3.8, 4) is 0 Å². The molecule has 0 aromatic heterocycles. The lowest BCUT2D eigenvalue weighted by atomic mass is 10.0. The van der Waals surface area contributed by atoms with E-state index in [0.717, 1.165) is 70.6 Å². The number of aliphatic hydroxyl groups excluding tert-OH is 2. The fourth-order valence-electron chi connectivity index (χ4n) is 7.39. The SMILES string of the molecule is CCCCCC/C=C\CCCCCCCC(=O)OCCCCCC/C=C\CCCCCCCCCC(=O)NC(CO)C(O)CCCCCCCCCCCCC. The molecule has 0 aliphatic carbocycles. The molecule has 0 saturated carbocycles. The quantitative estimate of drug-likeness (QED) is 0.0324. The molecular weight excluding hydrogens is 695 g/mol. The van der Waals surface area contributed by atoms with Gasteiger partial charge in [-0.25, -0.2) is 0 Å². The molecule has 330 valence electrons. The molecule has 0 rings (SSSR count). The lowest BCUT2D eigenvalue weighted by Crippen LogP contribution is -2.45. The molecule has 2 atom stereocenters. The van der Waals surface area contributed by atoms with Crippen molar-refractivity contribution in [1.82, 2.24) is 5.32 Å². The summed E-state index contributed by atoms with van der Waals surface area (Å²) in [6.45, 7) is 4.88. The second-order valence-corrected chi connectivity index (χ2v) is 16.8. The molecule has 0 aliphatic rings. The van der Waals surface area contributed by atoms with Crippen molar-refractivity contribution in [1.29, 1.82) is 0 Å². The Morgan fingerprint density at radius 2 is 0.839 bits per heavy atom. The van der Waals surface area contributed by atoms with Crippen LogP contribution in [0.3, 0.4) is 0 Å². The number of esters is 1. The fourth-order valence-corrected chi connectivity index (χ4v) is 7.39. The van der Waals surface area contributed by atoms with Crippen LogP contribution in [0, 0.1) is 0 Å². The van der Waals surface area contributed by atoms with Crippen LogP contribution in [0.1, 0.15) is 258 Å². The third-order valence-electron chi connectivity index (χ3n) is 11.2. The molecule has 2 unspecified atom stereocenters. The molecule has 0 aliphatic heterocycles. The number of hydrogen-bond donors (Lipinski definition) is 3. The first kappa shape index (κ1) is 54.3. The highest BCUT2D eigenvalue weighted by molar-refractivity contribution is 5.76. The highest BCUT2D eigenvalue weighted by Crippen LogP contribution is 2.15. The highest BCUT2D eigenvalue weighted by Gasteiger charge is 2.20. The van der Waals surface area contributed by atoms with Crippen LogP contribution in [-0.4, -0.2) is 47.4 Å². The molecule has 1 amide bonds. The molecule has 0 spiro atoms. The van der Waals surface area contributed by atoms with E-state index in [0.29, 0.717) is 25.9 Å². The molecule has 0 aromatic rings. The van der Waals surface area contributed by atoms with Crippen molar-refractivity contribution >= 4 is 11.9 Å². The lowest BCUT2D eigenvalue weighted by molar-refractivity contribution is -0.143. The Morgan fingerprint density at radius 1 is 0.482 bits per heavy atom. The number of unbranched alkanes of at least 4 members (excludes halogenated alkanes) is 30. The van der Waals surface area contributed by atoms with E-state index in [9.17, 15) is 19.8 Å². The summed E-state index contributed by atoms with van der Waals surface area (Å²) in [7, 11) is 0. The van der Waals surface area contributed by atoms with E-state index < -0.39 is 12.1 Å².